The predicted molar refractivity (Wildman–Crippen MR) is 240 cm³/mol. The highest BCUT2D eigenvalue weighted by Crippen LogP contribution is 2.66. The lowest BCUT2D eigenvalue weighted by molar-refractivity contribution is -0.0282. The topological polar surface area (TPSA) is 99.4 Å². The Morgan fingerprint density at radius 1 is 0.492 bits per heavy atom. The Bertz CT molecular complexity index is 3300. The summed E-state index contributed by atoms with van der Waals surface area (Å²) in [5, 5.41) is 24.8. The summed E-state index contributed by atoms with van der Waals surface area (Å²) in [5.74, 6) is 2.92. The van der Waals surface area contributed by atoms with Gasteiger partial charge in [-0.15, -0.1) is 0 Å². The van der Waals surface area contributed by atoms with Crippen LogP contribution in [0.4, 0.5) is 0 Å². The lowest BCUT2D eigenvalue weighted by Gasteiger charge is -2.63. The molecule has 2 unspecified atom stereocenters. The molecule has 0 spiro atoms. The maximum atomic E-state index is 10.9. The van der Waals surface area contributed by atoms with E-state index in [4.69, 9.17) is 19.4 Å². The fourth-order valence-electron chi connectivity index (χ4n) is 12.1. The van der Waals surface area contributed by atoms with E-state index in [1.807, 2.05) is 91.0 Å². The van der Waals surface area contributed by atoms with E-state index in [1.54, 1.807) is 0 Å². The summed E-state index contributed by atoms with van der Waals surface area (Å²) in [6.45, 7) is 0. The molecule has 2 atom stereocenters. The number of furan rings is 1. The van der Waals surface area contributed by atoms with E-state index in [0.717, 1.165) is 79.8 Å². The molecule has 2 aromatic heterocycles. The Morgan fingerprint density at radius 2 is 1.11 bits per heavy atom. The van der Waals surface area contributed by atoms with Gasteiger partial charge in [-0.05, 0) is 113 Å². The zero-order valence-corrected chi connectivity index (χ0v) is 33.5. The maximum Gasteiger partial charge on any atom is 0.164 e. The van der Waals surface area contributed by atoms with E-state index >= 15 is 0 Å². The average molecular weight is 786 g/mol. The largest absolute Gasteiger partial charge is 0.456 e. The van der Waals surface area contributed by atoms with Gasteiger partial charge in [-0.1, -0.05) is 127 Å². The van der Waals surface area contributed by atoms with Gasteiger partial charge in [0.05, 0.1) is 23.3 Å². The fourth-order valence-corrected chi connectivity index (χ4v) is 12.1. The van der Waals surface area contributed by atoms with Crippen LogP contribution in [-0.2, 0) is 10.8 Å². The van der Waals surface area contributed by atoms with E-state index < -0.39 is 0 Å². The van der Waals surface area contributed by atoms with Gasteiger partial charge in [0.15, 0.2) is 17.5 Å². The Morgan fingerprint density at radius 3 is 1.92 bits per heavy atom. The van der Waals surface area contributed by atoms with Crippen LogP contribution in [0.15, 0.2) is 156 Å². The van der Waals surface area contributed by atoms with E-state index in [-0.39, 0.29) is 10.8 Å². The minimum absolute atomic E-state index is 0.0622. The number of aromatic nitrogens is 3. The highest BCUT2D eigenvalue weighted by atomic mass is 16.3. The third kappa shape index (κ3) is 5.63. The fraction of sp³-hybridized carbons (Fsp3) is 0.182. The van der Waals surface area contributed by atoms with E-state index in [1.165, 1.54) is 30.4 Å². The van der Waals surface area contributed by atoms with Crippen LogP contribution in [-0.4, -0.2) is 15.0 Å². The third-order valence-electron chi connectivity index (χ3n) is 14.2. The molecule has 2 heterocycles. The summed E-state index contributed by atoms with van der Waals surface area (Å²) in [5.41, 5.74) is 10.5. The van der Waals surface area contributed by atoms with Gasteiger partial charge in [0.25, 0.3) is 0 Å². The van der Waals surface area contributed by atoms with Gasteiger partial charge in [0, 0.05) is 32.8 Å². The first-order chi connectivity index (χ1) is 30.0. The van der Waals surface area contributed by atoms with Crippen LogP contribution in [0, 0.1) is 34.5 Å². The van der Waals surface area contributed by atoms with Gasteiger partial charge >= 0.3 is 0 Å². The van der Waals surface area contributed by atoms with Gasteiger partial charge in [0.1, 0.15) is 11.2 Å². The molecule has 4 bridgehead atoms. The van der Waals surface area contributed by atoms with Gasteiger partial charge in [-0.25, -0.2) is 15.0 Å². The Kier molecular flexibility index (Phi) is 7.90. The van der Waals surface area contributed by atoms with Crippen LogP contribution in [0.5, 0.6) is 0 Å². The Balaban J connectivity index is 0.930. The Labute approximate surface area is 353 Å². The minimum Gasteiger partial charge on any atom is -0.456 e. The smallest absolute Gasteiger partial charge is 0.164 e. The standard InChI is InChI=1S/C55H39N5O/c56-31-39-11-6-15-44-42(13-7-14-43(39)44)36-19-22-41(23-20-36)54-27-34-25-35(28-54)30-55(29-34,33-54)47-24-21-38(26-40(47)32-57)52-58-51(37-9-2-1-3-10-37)59-53(60-52)46-16-8-18-49-50(46)45-12-4-5-17-48(45)61-49/h1-24,26,34-35H,25,27-30,33H2. The van der Waals surface area contributed by atoms with Gasteiger partial charge in [0.2, 0.25) is 0 Å². The van der Waals surface area contributed by atoms with E-state index in [0.29, 0.717) is 40.4 Å². The Hall–Kier alpha value is -7.41. The molecule has 9 aromatic rings. The number of nitriles is 2. The van der Waals surface area contributed by atoms with Crippen molar-refractivity contribution in [2.24, 2.45) is 11.8 Å². The number of nitrogens with zero attached hydrogens (tertiary/aromatic N) is 5. The van der Waals surface area contributed by atoms with Crippen molar-refractivity contribution < 1.29 is 4.42 Å². The van der Waals surface area contributed by atoms with Crippen LogP contribution in [0.3, 0.4) is 0 Å². The number of hydrogen-bond acceptors (Lipinski definition) is 6. The quantitative estimate of drug-likeness (QED) is 0.166. The molecule has 7 aromatic carbocycles. The average Bonchev–Trinajstić information content (AvgIpc) is 3.70. The van der Waals surface area contributed by atoms with Crippen molar-refractivity contribution in [3.05, 3.63) is 174 Å². The van der Waals surface area contributed by atoms with E-state index in [9.17, 15) is 10.5 Å². The number of rotatable bonds is 6. The van der Waals surface area contributed by atoms with E-state index in [2.05, 4.69) is 72.8 Å². The first kappa shape index (κ1) is 35.5. The maximum absolute atomic E-state index is 10.9. The summed E-state index contributed by atoms with van der Waals surface area (Å²) in [6, 6.07) is 57.1. The molecule has 13 rings (SSSR count). The molecule has 0 aliphatic heterocycles. The second-order valence-electron chi connectivity index (χ2n) is 17.7. The molecule has 4 saturated carbocycles. The lowest BCUT2D eigenvalue weighted by atomic mass is 9.41. The second kappa shape index (κ2) is 13.6. The first-order valence-electron chi connectivity index (χ1n) is 21.3. The SMILES string of the molecule is N#Cc1cc(-c2nc(-c3ccccc3)nc(-c3cccc4oc5ccccc5c34)n2)ccc1C12CC3CC(CC(c4ccc(-c5cccc6c(C#N)cccc56)cc4)(C3)C1)C2. The molecule has 0 radical (unpaired) electrons. The molecular formula is C55H39N5O. The van der Waals surface area contributed by atoms with Crippen molar-refractivity contribution in [3.63, 3.8) is 0 Å². The second-order valence-corrected chi connectivity index (χ2v) is 17.7. The molecule has 0 amide bonds. The summed E-state index contributed by atoms with van der Waals surface area (Å²) in [7, 11) is 0. The molecule has 4 aliphatic rings. The van der Waals surface area contributed by atoms with Crippen molar-refractivity contribution in [3.8, 4) is 57.4 Å². The van der Waals surface area contributed by atoms with Crippen LogP contribution >= 0.6 is 0 Å². The summed E-state index contributed by atoms with van der Waals surface area (Å²) >= 11 is 0. The zero-order chi connectivity index (χ0) is 40.7. The van der Waals surface area contributed by atoms with Crippen LogP contribution < -0.4 is 0 Å². The molecule has 61 heavy (non-hydrogen) atoms. The molecule has 4 fully saturated rings. The molecule has 290 valence electrons. The molecule has 0 N–H and O–H groups in total. The van der Waals surface area contributed by atoms with Gasteiger partial charge in [-0.2, -0.15) is 10.5 Å². The first-order valence-corrected chi connectivity index (χ1v) is 21.3. The number of benzene rings is 7. The van der Waals surface area contributed by atoms with Crippen molar-refractivity contribution >= 4 is 32.7 Å². The predicted octanol–water partition coefficient (Wildman–Crippen LogP) is 13.1. The monoisotopic (exact) mass is 785 g/mol. The number of fused-ring (bicyclic) bond motifs is 4. The summed E-state index contributed by atoms with van der Waals surface area (Å²) in [6.07, 6.45) is 6.93. The summed E-state index contributed by atoms with van der Waals surface area (Å²) < 4.78 is 6.25. The molecular weight excluding hydrogens is 747 g/mol. The van der Waals surface area contributed by atoms with Crippen LogP contribution in [0.1, 0.15) is 60.8 Å². The van der Waals surface area contributed by atoms with Crippen molar-refractivity contribution in [1.82, 2.24) is 15.0 Å². The van der Waals surface area contributed by atoms with Crippen molar-refractivity contribution in [2.45, 2.75) is 49.4 Å². The zero-order valence-electron chi connectivity index (χ0n) is 33.5. The summed E-state index contributed by atoms with van der Waals surface area (Å²) in [4.78, 5) is 15.3. The van der Waals surface area contributed by atoms with Crippen LogP contribution in [0.25, 0.3) is 78.0 Å². The van der Waals surface area contributed by atoms with Crippen molar-refractivity contribution in [2.75, 3.05) is 0 Å². The normalized spacial score (nSPS) is 21.5. The molecule has 6 nitrogen and oxygen atoms in total. The van der Waals surface area contributed by atoms with Crippen LogP contribution in [0.2, 0.25) is 0 Å². The molecule has 4 aliphatic carbocycles. The lowest BCUT2D eigenvalue weighted by Crippen LogP contribution is -2.56. The number of para-hydroxylation sites is 1. The highest BCUT2D eigenvalue weighted by molar-refractivity contribution is 6.11. The van der Waals surface area contributed by atoms with Crippen molar-refractivity contribution in [1.29, 1.82) is 10.5 Å². The molecule has 0 saturated heterocycles. The van der Waals surface area contributed by atoms with Gasteiger partial charge in [-0.3, -0.25) is 0 Å². The highest BCUT2D eigenvalue weighted by Gasteiger charge is 2.59. The minimum atomic E-state index is -0.0763. The van der Waals surface area contributed by atoms with Gasteiger partial charge < -0.3 is 4.42 Å². The number of hydrogen-bond donors (Lipinski definition) is 0. The third-order valence-corrected chi connectivity index (χ3v) is 14.2. The molecule has 6 heteroatoms.